The quantitative estimate of drug-likeness (QED) is 0.791. The Morgan fingerprint density at radius 1 is 1.31 bits per heavy atom. The molecule has 1 unspecified atom stereocenters. The van der Waals surface area contributed by atoms with Gasteiger partial charge in [0.2, 0.25) is 0 Å². The van der Waals surface area contributed by atoms with E-state index >= 15 is 0 Å². The van der Waals surface area contributed by atoms with Gasteiger partial charge in [-0.1, -0.05) is 30.3 Å². The van der Waals surface area contributed by atoms with Gasteiger partial charge in [-0.2, -0.15) is 0 Å². The maximum Gasteiger partial charge on any atom is 0.305 e. The summed E-state index contributed by atoms with van der Waals surface area (Å²) >= 11 is 0. The Bertz CT molecular complexity index is 322. The molecule has 4 heteroatoms. The Labute approximate surface area is 94.8 Å². The van der Waals surface area contributed by atoms with Gasteiger partial charge in [-0.3, -0.25) is 4.79 Å². The minimum Gasteiger partial charge on any atom is -0.481 e. The molecule has 0 amide bonds. The van der Waals surface area contributed by atoms with E-state index in [9.17, 15) is 9.90 Å². The Hall–Kier alpha value is -1.86. The third kappa shape index (κ3) is 6.57. The first-order chi connectivity index (χ1) is 7.68. The van der Waals surface area contributed by atoms with Crippen molar-refractivity contribution in [1.82, 2.24) is 0 Å². The topological polar surface area (TPSA) is 81.3 Å². The number of aliphatic hydroxyl groups is 1. The summed E-state index contributed by atoms with van der Waals surface area (Å²) < 4.78 is 0. The molecule has 0 aliphatic carbocycles. The second-order valence-corrected chi connectivity index (χ2v) is 3.28. The number of benzene rings is 1. The zero-order valence-corrected chi connectivity index (χ0v) is 8.91. The van der Waals surface area contributed by atoms with E-state index in [-0.39, 0.29) is 6.42 Å². The standard InChI is InChI=1S/C11H14O3.CHN/c12-10(8-11(13)14)7-6-9-4-2-1-3-5-9;1-2/h1-5,10,12H,6-8H2,(H,13,14);1H. The number of aliphatic hydroxyl groups excluding tert-OH is 1. The molecule has 0 aliphatic rings. The zero-order valence-electron chi connectivity index (χ0n) is 8.91. The predicted molar refractivity (Wildman–Crippen MR) is 59.7 cm³/mol. The maximum absolute atomic E-state index is 10.3. The van der Waals surface area contributed by atoms with Crippen molar-refractivity contribution in [2.75, 3.05) is 0 Å². The van der Waals surface area contributed by atoms with Crippen LogP contribution in [0.5, 0.6) is 0 Å². The molecule has 0 aliphatic heterocycles. The van der Waals surface area contributed by atoms with Crippen molar-refractivity contribution in [2.24, 2.45) is 0 Å². The van der Waals surface area contributed by atoms with E-state index < -0.39 is 12.1 Å². The number of aryl methyl sites for hydroxylation is 1. The monoisotopic (exact) mass is 221 g/mol. The lowest BCUT2D eigenvalue weighted by atomic mass is 10.1. The highest BCUT2D eigenvalue weighted by Crippen LogP contribution is 2.06. The number of carbonyl (C=O) groups is 1. The summed E-state index contributed by atoms with van der Waals surface area (Å²) in [6.45, 7) is 3.50. The fourth-order valence-electron chi connectivity index (χ4n) is 1.28. The van der Waals surface area contributed by atoms with E-state index in [0.717, 1.165) is 12.0 Å². The third-order valence-corrected chi connectivity index (χ3v) is 2.02. The first-order valence-electron chi connectivity index (χ1n) is 4.88. The molecule has 0 spiro atoms. The molecule has 2 N–H and O–H groups in total. The SMILES string of the molecule is C#N.O=C(O)CC(O)CCc1ccccc1. The van der Waals surface area contributed by atoms with Crippen LogP contribution in [0, 0.1) is 11.8 Å². The molecular formula is C12H15NO3. The fraction of sp³-hybridized carbons (Fsp3) is 0.333. The number of aliphatic carboxylic acids is 1. The van der Waals surface area contributed by atoms with Crippen LogP contribution in [0.3, 0.4) is 0 Å². The molecule has 1 atom stereocenters. The van der Waals surface area contributed by atoms with Crippen molar-refractivity contribution in [3.63, 3.8) is 0 Å². The molecule has 0 radical (unpaired) electrons. The highest BCUT2D eigenvalue weighted by Gasteiger charge is 2.08. The molecule has 1 aromatic rings. The predicted octanol–water partition coefficient (Wildman–Crippen LogP) is 1.59. The van der Waals surface area contributed by atoms with Crippen LogP contribution in [0.15, 0.2) is 30.3 Å². The first kappa shape index (κ1) is 14.1. The van der Waals surface area contributed by atoms with Crippen LogP contribution in [0.4, 0.5) is 0 Å². The maximum atomic E-state index is 10.3. The first-order valence-corrected chi connectivity index (χ1v) is 4.88. The van der Waals surface area contributed by atoms with Crippen molar-refractivity contribution >= 4 is 5.97 Å². The van der Waals surface area contributed by atoms with E-state index in [1.165, 1.54) is 0 Å². The molecule has 0 heterocycles. The zero-order chi connectivity index (χ0) is 12.4. The third-order valence-electron chi connectivity index (χ3n) is 2.02. The molecule has 1 rings (SSSR count). The number of nitrogens with zero attached hydrogens (tertiary/aromatic N) is 1. The second kappa shape index (κ2) is 8.45. The van der Waals surface area contributed by atoms with Crippen LogP contribution < -0.4 is 0 Å². The van der Waals surface area contributed by atoms with Crippen LogP contribution in [0.1, 0.15) is 18.4 Å². The Balaban J connectivity index is 0.00000106. The summed E-state index contributed by atoms with van der Waals surface area (Å²) in [6, 6.07) is 9.72. The summed E-state index contributed by atoms with van der Waals surface area (Å²) in [6.07, 6.45) is 0.297. The number of hydrogen-bond donors (Lipinski definition) is 2. The van der Waals surface area contributed by atoms with Crippen molar-refractivity contribution < 1.29 is 15.0 Å². The molecule has 4 nitrogen and oxygen atoms in total. The van der Waals surface area contributed by atoms with Crippen molar-refractivity contribution in [1.29, 1.82) is 5.26 Å². The van der Waals surface area contributed by atoms with Crippen LogP contribution in [0.25, 0.3) is 0 Å². The lowest BCUT2D eigenvalue weighted by Gasteiger charge is -2.07. The smallest absolute Gasteiger partial charge is 0.305 e. The van der Waals surface area contributed by atoms with Crippen LogP contribution in [-0.4, -0.2) is 22.3 Å². The number of carboxylic acids is 1. The highest BCUT2D eigenvalue weighted by atomic mass is 16.4. The Kier molecular flexibility index (Phi) is 7.47. The summed E-state index contributed by atoms with van der Waals surface area (Å²) in [7, 11) is 0. The van der Waals surface area contributed by atoms with Crippen molar-refractivity contribution in [3.05, 3.63) is 35.9 Å². The van der Waals surface area contributed by atoms with Gasteiger partial charge in [0.1, 0.15) is 0 Å². The fourth-order valence-corrected chi connectivity index (χ4v) is 1.28. The second-order valence-electron chi connectivity index (χ2n) is 3.28. The molecule has 0 aromatic heterocycles. The lowest BCUT2D eigenvalue weighted by molar-refractivity contribution is -0.139. The van der Waals surface area contributed by atoms with E-state index in [1.54, 1.807) is 0 Å². The van der Waals surface area contributed by atoms with Gasteiger partial charge in [-0.05, 0) is 18.4 Å². The van der Waals surface area contributed by atoms with Crippen LogP contribution in [-0.2, 0) is 11.2 Å². The van der Waals surface area contributed by atoms with Gasteiger partial charge in [0.25, 0.3) is 0 Å². The average Bonchev–Trinajstić information content (AvgIpc) is 2.30. The van der Waals surface area contributed by atoms with Gasteiger partial charge in [-0.15, -0.1) is 0 Å². The molecule has 0 saturated carbocycles. The molecule has 16 heavy (non-hydrogen) atoms. The van der Waals surface area contributed by atoms with E-state index in [4.69, 9.17) is 10.4 Å². The van der Waals surface area contributed by atoms with E-state index in [1.807, 2.05) is 30.3 Å². The van der Waals surface area contributed by atoms with Gasteiger partial charge in [0.15, 0.2) is 0 Å². The van der Waals surface area contributed by atoms with E-state index in [2.05, 4.69) is 6.57 Å². The Morgan fingerprint density at radius 2 is 1.88 bits per heavy atom. The van der Waals surface area contributed by atoms with Gasteiger partial charge < -0.3 is 10.2 Å². The molecule has 86 valence electrons. The number of nitriles is 1. The number of rotatable bonds is 5. The molecule has 1 aromatic carbocycles. The molecular weight excluding hydrogens is 206 g/mol. The number of hydrogen-bond acceptors (Lipinski definition) is 3. The molecule has 0 saturated heterocycles. The summed E-state index contributed by atoms with van der Waals surface area (Å²) in [5.41, 5.74) is 1.12. The average molecular weight is 221 g/mol. The summed E-state index contributed by atoms with van der Waals surface area (Å²) in [4.78, 5) is 10.3. The normalized spacial score (nSPS) is 10.9. The molecule has 0 bridgehead atoms. The van der Waals surface area contributed by atoms with Gasteiger partial charge >= 0.3 is 5.97 Å². The van der Waals surface area contributed by atoms with Crippen molar-refractivity contribution in [3.8, 4) is 6.57 Å². The van der Waals surface area contributed by atoms with Crippen LogP contribution in [0.2, 0.25) is 0 Å². The van der Waals surface area contributed by atoms with Gasteiger partial charge in [-0.25, -0.2) is 5.26 Å². The lowest BCUT2D eigenvalue weighted by Crippen LogP contribution is -2.13. The Morgan fingerprint density at radius 3 is 2.38 bits per heavy atom. The van der Waals surface area contributed by atoms with E-state index in [0.29, 0.717) is 6.42 Å². The highest BCUT2D eigenvalue weighted by molar-refractivity contribution is 5.67. The minimum absolute atomic E-state index is 0.174. The van der Waals surface area contributed by atoms with Gasteiger partial charge in [0.05, 0.1) is 12.5 Å². The summed E-state index contributed by atoms with van der Waals surface area (Å²) in [5.74, 6) is -0.953. The minimum atomic E-state index is -0.953. The van der Waals surface area contributed by atoms with Gasteiger partial charge in [0, 0.05) is 6.57 Å². The molecule has 0 fully saturated rings. The number of carboxylic acid groups (broad SMARTS) is 1. The van der Waals surface area contributed by atoms with Crippen LogP contribution >= 0.6 is 0 Å². The largest absolute Gasteiger partial charge is 0.481 e. The summed E-state index contributed by atoms with van der Waals surface area (Å²) in [5, 5.41) is 24.2. The van der Waals surface area contributed by atoms with Crippen molar-refractivity contribution in [2.45, 2.75) is 25.4 Å².